The third kappa shape index (κ3) is 3.20. The number of nitrogens with one attached hydrogen (secondary N) is 1. The van der Waals surface area contributed by atoms with Crippen LogP contribution < -0.4 is 4.89 Å². The van der Waals surface area contributed by atoms with Crippen LogP contribution in [0.2, 0.25) is 0 Å². The summed E-state index contributed by atoms with van der Waals surface area (Å²) in [6.45, 7) is 0. The maximum Gasteiger partial charge on any atom is 0.357 e. The van der Waals surface area contributed by atoms with Crippen molar-refractivity contribution in [1.82, 2.24) is 9.87 Å². The predicted molar refractivity (Wildman–Crippen MR) is 83.9 cm³/mol. The van der Waals surface area contributed by atoms with Gasteiger partial charge >= 0.3 is 5.97 Å². The molecule has 6 nitrogen and oxygen atoms in total. The SMILES string of the molecule is O=C(ONS(=O)(=O)c1cccc2cccnc12)c1ccccc1. The van der Waals surface area contributed by atoms with Gasteiger partial charge in [0.25, 0.3) is 10.0 Å². The second-order valence-electron chi connectivity index (χ2n) is 4.67. The summed E-state index contributed by atoms with van der Waals surface area (Å²) in [5.74, 6) is -0.789. The lowest BCUT2D eigenvalue weighted by Gasteiger charge is -2.08. The molecule has 0 fully saturated rings. The van der Waals surface area contributed by atoms with Gasteiger partial charge in [-0.25, -0.2) is 13.2 Å². The number of sulfonamides is 1. The van der Waals surface area contributed by atoms with E-state index >= 15 is 0 Å². The van der Waals surface area contributed by atoms with E-state index in [2.05, 4.69) is 4.98 Å². The molecular weight excluding hydrogens is 316 g/mol. The van der Waals surface area contributed by atoms with Gasteiger partial charge in [0.2, 0.25) is 0 Å². The molecule has 1 N–H and O–H groups in total. The number of benzene rings is 2. The first-order valence-corrected chi connectivity index (χ1v) is 8.18. The van der Waals surface area contributed by atoms with Gasteiger partial charge < -0.3 is 4.84 Å². The fourth-order valence-electron chi connectivity index (χ4n) is 2.06. The molecule has 0 aliphatic rings. The Balaban J connectivity index is 1.86. The summed E-state index contributed by atoms with van der Waals surface area (Å²) in [4.78, 5) is 22.4. The first-order valence-electron chi connectivity index (χ1n) is 6.70. The van der Waals surface area contributed by atoms with Crippen LogP contribution >= 0.6 is 0 Å². The van der Waals surface area contributed by atoms with E-state index in [9.17, 15) is 13.2 Å². The molecule has 3 aromatic rings. The summed E-state index contributed by atoms with van der Waals surface area (Å²) < 4.78 is 24.7. The number of aromatic nitrogens is 1. The van der Waals surface area contributed by atoms with Crippen LogP contribution in [0.5, 0.6) is 0 Å². The largest absolute Gasteiger partial charge is 0.357 e. The minimum Gasteiger partial charge on any atom is -0.351 e. The Morgan fingerprint density at radius 3 is 2.48 bits per heavy atom. The first kappa shape index (κ1) is 15.1. The maximum atomic E-state index is 12.4. The van der Waals surface area contributed by atoms with Crippen molar-refractivity contribution in [1.29, 1.82) is 0 Å². The van der Waals surface area contributed by atoms with Crippen molar-refractivity contribution in [2.75, 3.05) is 0 Å². The van der Waals surface area contributed by atoms with Gasteiger partial charge in [0.1, 0.15) is 4.90 Å². The maximum absolute atomic E-state index is 12.4. The average Bonchev–Trinajstić information content (AvgIpc) is 2.60. The van der Waals surface area contributed by atoms with Gasteiger partial charge in [-0.1, -0.05) is 36.4 Å². The summed E-state index contributed by atoms with van der Waals surface area (Å²) in [5, 5.41) is 0.671. The van der Waals surface area contributed by atoms with Crippen LogP contribution in [0, 0.1) is 0 Å². The van der Waals surface area contributed by atoms with Gasteiger partial charge in [0.05, 0.1) is 11.1 Å². The van der Waals surface area contributed by atoms with E-state index in [1.54, 1.807) is 42.5 Å². The first-order chi connectivity index (χ1) is 11.1. The van der Waals surface area contributed by atoms with E-state index < -0.39 is 16.0 Å². The number of rotatable bonds is 4. The summed E-state index contributed by atoms with van der Waals surface area (Å²) in [6, 6.07) is 16.3. The lowest BCUT2D eigenvalue weighted by Crippen LogP contribution is -2.27. The molecule has 0 radical (unpaired) electrons. The van der Waals surface area contributed by atoms with Crippen LogP contribution in [0.15, 0.2) is 71.8 Å². The van der Waals surface area contributed by atoms with Crippen LogP contribution in [-0.4, -0.2) is 19.4 Å². The summed E-state index contributed by atoms with van der Waals surface area (Å²) in [7, 11) is -4.05. The van der Waals surface area contributed by atoms with Crippen molar-refractivity contribution in [2.24, 2.45) is 0 Å². The highest BCUT2D eigenvalue weighted by molar-refractivity contribution is 7.89. The quantitative estimate of drug-likeness (QED) is 0.743. The van der Waals surface area contributed by atoms with Crippen molar-refractivity contribution in [3.63, 3.8) is 0 Å². The van der Waals surface area contributed by atoms with E-state index in [-0.39, 0.29) is 10.5 Å². The molecule has 23 heavy (non-hydrogen) atoms. The Morgan fingerprint density at radius 2 is 1.70 bits per heavy atom. The molecular formula is C16H12N2O4S. The molecule has 7 heteroatoms. The molecule has 1 aromatic heterocycles. The molecule has 0 saturated carbocycles. The number of hydrogen-bond acceptors (Lipinski definition) is 5. The zero-order valence-corrected chi connectivity index (χ0v) is 12.7. The van der Waals surface area contributed by atoms with Gasteiger partial charge in [0.15, 0.2) is 0 Å². The average molecular weight is 328 g/mol. The Labute approximate surface area is 132 Å². The molecule has 0 amide bonds. The van der Waals surface area contributed by atoms with E-state index in [0.29, 0.717) is 10.9 Å². The highest BCUT2D eigenvalue weighted by Crippen LogP contribution is 2.20. The smallest absolute Gasteiger partial charge is 0.351 e. The van der Waals surface area contributed by atoms with Crippen LogP contribution in [0.1, 0.15) is 10.4 Å². The Hall–Kier alpha value is -2.77. The Kier molecular flexibility index (Phi) is 4.05. The van der Waals surface area contributed by atoms with Gasteiger partial charge in [-0.05, 0) is 29.2 Å². The summed E-state index contributed by atoms with van der Waals surface area (Å²) >= 11 is 0. The van der Waals surface area contributed by atoms with E-state index in [1.807, 2.05) is 4.89 Å². The van der Waals surface area contributed by atoms with E-state index in [4.69, 9.17) is 4.84 Å². The number of nitrogens with zero attached hydrogens (tertiary/aromatic N) is 1. The minimum atomic E-state index is -4.05. The van der Waals surface area contributed by atoms with Crippen molar-refractivity contribution < 1.29 is 18.0 Å². The molecule has 0 saturated heterocycles. The fourth-order valence-corrected chi connectivity index (χ4v) is 3.02. The van der Waals surface area contributed by atoms with Gasteiger partial charge in [-0.15, -0.1) is 0 Å². The number of carbonyl (C=O) groups excluding carboxylic acids is 1. The van der Waals surface area contributed by atoms with Crippen LogP contribution in [-0.2, 0) is 14.9 Å². The van der Waals surface area contributed by atoms with Gasteiger partial charge in [0, 0.05) is 11.6 Å². The predicted octanol–water partition coefficient (Wildman–Crippen LogP) is 2.29. The molecule has 0 unspecified atom stereocenters. The molecule has 3 rings (SSSR count). The van der Waals surface area contributed by atoms with Crippen LogP contribution in [0.3, 0.4) is 0 Å². The number of pyridine rings is 1. The normalized spacial score (nSPS) is 11.3. The Bertz CT molecular complexity index is 951. The summed E-state index contributed by atoms with van der Waals surface area (Å²) in [5.41, 5.74) is 0.546. The highest BCUT2D eigenvalue weighted by Gasteiger charge is 2.20. The minimum absolute atomic E-state index is 0.0588. The fraction of sp³-hybridized carbons (Fsp3) is 0. The molecule has 0 spiro atoms. The van der Waals surface area contributed by atoms with Crippen LogP contribution in [0.4, 0.5) is 0 Å². The summed E-state index contributed by atoms with van der Waals surface area (Å²) in [6.07, 6.45) is 1.50. The lowest BCUT2D eigenvalue weighted by molar-refractivity contribution is 0.0407. The third-order valence-electron chi connectivity index (χ3n) is 3.14. The second-order valence-corrected chi connectivity index (χ2v) is 6.29. The number of para-hydroxylation sites is 1. The zero-order chi connectivity index (χ0) is 16.3. The van der Waals surface area contributed by atoms with E-state index in [1.165, 1.54) is 24.4 Å². The highest BCUT2D eigenvalue weighted by atomic mass is 32.2. The van der Waals surface area contributed by atoms with Crippen LogP contribution in [0.25, 0.3) is 10.9 Å². The second kappa shape index (κ2) is 6.15. The molecule has 116 valence electrons. The molecule has 0 bridgehead atoms. The van der Waals surface area contributed by atoms with Crippen molar-refractivity contribution >= 4 is 26.9 Å². The molecule has 2 aromatic carbocycles. The van der Waals surface area contributed by atoms with Gasteiger partial charge in [-0.3, -0.25) is 4.98 Å². The van der Waals surface area contributed by atoms with Crippen molar-refractivity contribution in [3.8, 4) is 0 Å². The Morgan fingerprint density at radius 1 is 0.957 bits per heavy atom. The number of fused-ring (bicyclic) bond motifs is 1. The van der Waals surface area contributed by atoms with Crippen molar-refractivity contribution in [3.05, 3.63) is 72.4 Å². The third-order valence-corrected chi connectivity index (χ3v) is 4.35. The molecule has 1 heterocycles. The number of carbonyl (C=O) groups is 1. The molecule has 0 aliphatic carbocycles. The monoisotopic (exact) mass is 328 g/mol. The topological polar surface area (TPSA) is 85.4 Å². The standard InChI is InChI=1S/C16H12N2O4S/c19-16(13-6-2-1-3-7-13)22-18-23(20,21)14-10-4-8-12-9-5-11-17-15(12)14/h1-11,18H. The molecule has 0 aliphatic heterocycles. The van der Waals surface area contributed by atoms with Crippen molar-refractivity contribution in [2.45, 2.75) is 4.90 Å². The zero-order valence-electron chi connectivity index (χ0n) is 11.8. The van der Waals surface area contributed by atoms with E-state index in [0.717, 1.165) is 0 Å². The number of hydrogen-bond donors (Lipinski definition) is 1. The lowest BCUT2D eigenvalue weighted by atomic mass is 10.2. The van der Waals surface area contributed by atoms with Gasteiger partial charge in [-0.2, -0.15) is 0 Å². The molecule has 0 atom stereocenters.